The molecule has 3 aromatic rings. The van der Waals surface area contributed by atoms with Crippen LogP contribution in [-0.4, -0.2) is 29.9 Å². The number of oxazole rings is 1. The van der Waals surface area contributed by atoms with Crippen LogP contribution in [-0.2, 0) is 10.0 Å². The monoisotopic (exact) mass is 427 g/mol. The van der Waals surface area contributed by atoms with Gasteiger partial charge in [0.2, 0.25) is 10.0 Å². The van der Waals surface area contributed by atoms with Crippen molar-refractivity contribution in [2.75, 3.05) is 16.6 Å². The Morgan fingerprint density at radius 3 is 2.55 bits per heavy atom. The number of aromatic nitrogens is 1. The van der Waals surface area contributed by atoms with Gasteiger partial charge in [-0.25, -0.2) is 26.6 Å². The van der Waals surface area contributed by atoms with Gasteiger partial charge in [-0.2, -0.15) is 0 Å². The molecule has 2 aromatic carbocycles. The first-order valence-corrected chi connectivity index (χ1v) is 10.1. The zero-order valence-corrected chi connectivity index (χ0v) is 15.9. The average molecular weight is 427 g/mol. The van der Waals surface area contributed by atoms with E-state index in [2.05, 4.69) is 15.0 Å². The van der Waals surface area contributed by atoms with Gasteiger partial charge in [0.25, 0.3) is 0 Å². The van der Waals surface area contributed by atoms with E-state index in [1.807, 2.05) is 0 Å². The van der Waals surface area contributed by atoms with Gasteiger partial charge in [-0.3, -0.25) is 4.72 Å². The third-order valence-corrected chi connectivity index (χ3v) is 7.10. The van der Waals surface area contributed by atoms with Crippen molar-refractivity contribution in [1.29, 1.82) is 0 Å². The molecule has 1 fully saturated rings. The highest BCUT2D eigenvalue weighted by molar-refractivity contribution is 7.94. The summed E-state index contributed by atoms with van der Waals surface area (Å²) >= 11 is 0. The number of fused-ring (bicyclic) bond motifs is 1. The average Bonchev–Trinajstić information content (AvgIpc) is 3.34. The number of aliphatic hydroxyl groups excluding tert-OH is 1. The maximum absolute atomic E-state index is 14.8. The van der Waals surface area contributed by atoms with E-state index in [-0.39, 0.29) is 24.1 Å². The van der Waals surface area contributed by atoms with E-state index < -0.39 is 55.7 Å². The van der Waals surface area contributed by atoms with E-state index >= 15 is 0 Å². The predicted octanol–water partition coefficient (Wildman–Crippen LogP) is 3.56. The number of benzene rings is 2. The van der Waals surface area contributed by atoms with Gasteiger partial charge in [-0.1, -0.05) is 6.07 Å². The van der Waals surface area contributed by atoms with E-state index in [4.69, 9.17) is 4.42 Å². The van der Waals surface area contributed by atoms with Crippen molar-refractivity contribution in [3.63, 3.8) is 0 Å². The number of hydrogen-bond acceptors (Lipinski definition) is 6. The number of nitrogens with zero attached hydrogens (tertiary/aromatic N) is 1. The minimum absolute atomic E-state index is 0.198. The van der Waals surface area contributed by atoms with E-state index in [0.717, 1.165) is 6.39 Å². The fraction of sp³-hybridized carbons (Fsp3) is 0.278. The summed E-state index contributed by atoms with van der Waals surface area (Å²) in [5.41, 5.74) is -1.61. The highest BCUT2D eigenvalue weighted by atomic mass is 32.2. The van der Waals surface area contributed by atoms with Crippen LogP contribution in [0.4, 0.5) is 30.2 Å². The van der Waals surface area contributed by atoms with Crippen molar-refractivity contribution in [3.8, 4) is 0 Å². The molecule has 0 radical (unpaired) electrons. The Hall–Kier alpha value is -2.79. The van der Waals surface area contributed by atoms with E-state index in [1.54, 1.807) is 13.0 Å². The second kappa shape index (κ2) is 6.63. The van der Waals surface area contributed by atoms with Crippen molar-refractivity contribution >= 4 is 38.2 Å². The molecular formula is C18H16F3N3O4S. The fourth-order valence-electron chi connectivity index (χ4n) is 2.98. The van der Waals surface area contributed by atoms with E-state index in [0.29, 0.717) is 5.56 Å². The molecule has 4 rings (SSSR count). The molecule has 0 spiro atoms. The summed E-state index contributed by atoms with van der Waals surface area (Å²) in [6, 6.07) is 4.03. The quantitative estimate of drug-likeness (QED) is 0.556. The first-order valence-electron chi connectivity index (χ1n) is 8.60. The molecule has 3 N–H and O–H groups in total. The summed E-state index contributed by atoms with van der Waals surface area (Å²) in [6.45, 7) is 1.01. The Kier molecular flexibility index (Phi) is 4.46. The molecule has 0 aliphatic heterocycles. The van der Waals surface area contributed by atoms with Gasteiger partial charge in [0, 0.05) is 0 Å². The van der Waals surface area contributed by atoms with Crippen LogP contribution in [0.3, 0.4) is 0 Å². The molecule has 1 saturated carbocycles. The number of aryl methyl sites for hydroxylation is 1. The third-order valence-electron chi connectivity index (χ3n) is 4.95. The normalized spacial score (nSPS) is 15.5. The van der Waals surface area contributed by atoms with Gasteiger partial charge in [0.1, 0.15) is 21.9 Å². The van der Waals surface area contributed by atoms with Gasteiger partial charge in [-0.05, 0) is 37.5 Å². The summed E-state index contributed by atoms with van der Waals surface area (Å²) in [6.07, 6.45) is 1.25. The molecule has 0 saturated heterocycles. The molecule has 0 unspecified atom stereocenters. The molecule has 0 bridgehead atoms. The van der Waals surface area contributed by atoms with Crippen molar-refractivity contribution in [1.82, 2.24) is 4.98 Å². The number of halogens is 3. The first-order chi connectivity index (χ1) is 13.7. The summed E-state index contributed by atoms with van der Waals surface area (Å²) < 4.78 is 74.8. The zero-order valence-electron chi connectivity index (χ0n) is 15.1. The van der Waals surface area contributed by atoms with Gasteiger partial charge in [-0.15, -0.1) is 0 Å². The molecular weight excluding hydrogens is 411 g/mol. The van der Waals surface area contributed by atoms with Crippen LogP contribution in [0, 0.1) is 24.4 Å². The van der Waals surface area contributed by atoms with Crippen LogP contribution in [0.5, 0.6) is 0 Å². The van der Waals surface area contributed by atoms with Crippen LogP contribution < -0.4 is 10.0 Å². The lowest BCUT2D eigenvalue weighted by atomic mass is 10.2. The molecule has 1 aliphatic carbocycles. The van der Waals surface area contributed by atoms with Crippen LogP contribution in [0.1, 0.15) is 18.4 Å². The molecule has 7 nitrogen and oxygen atoms in total. The van der Waals surface area contributed by atoms with Crippen LogP contribution >= 0.6 is 0 Å². The number of rotatable bonds is 6. The SMILES string of the molecule is Cc1ccc(Nc2c(F)c(F)c3ncoc3c2NS(=O)(=O)C2(CO)CC2)c(F)c1. The van der Waals surface area contributed by atoms with Crippen molar-refractivity contribution in [2.45, 2.75) is 24.5 Å². The highest BCUT2D eigenvalue weighted by Gasteiger charge is 2.54. The summed E-state index contributed by atoms with van der Waals surface area (Å²) in [7, 11) is -4.19. The van der Waals surface area contributed by atoms with E-state index in [9.17, 15) is 26.7 Å². The Labute approximate surface area is 163 Å². The molecule has 154 valence electrons. The Morgan fingerprint density at radius 1 is 1.21 bits per heavy atom. The highest BCUT2D eigenvalue weighted by Crippen LogP contribution is 2.46. The molecule has 11 heteroatoms. The topological polar surface area (TPSA) is 104 Å². The van der Waals surface area contributed by atoms with Crippen LogP contribution in [0.25, 0.3) is 11.1 Å². The van der Waals surface area contributed by atoms with Gasteiger partial charge in [0.15, 0.2) is 29.1 Å². The van der Waals surface area contributed by atoms with Gasteiger partial charge >= 0.3 is 0 Å². The van der Waals surface area contributed by atoms with Gasteiger partial charge in [0.05, 0.1) is 12.3 Å². The first kappa shape index (κ1) is 19.5. The standard InChI is InChI=1S/C18H16F3N3O4S/c1-9-2-3-11(10(19)6-9)23-14-12(20)13(21)15-17(28-8-22-15)16(14)24-29(26,27)18(7-25)4-5-18/h2-3,6,8,23-25H,4-5,7H2,1H3. The number of anilines is 3. The molecule has 1 aromatic heterocycles. The van der Waals surface area contributed by atoms with E-state index in [1.165, 1.54) is 12.1 Å². The molecule has 1 aliphatic rings. The van der Waals surface area contributed by atoms with Crippen LogP contribution in [0.15, 0.2) is 29.0 Å². The Bertz CT molecular complexity index is 1220. The number of sulfonamides is 1. The lowest BCUT2D eigenvalue weighted by molar-refractivity contribution is 0.284. The number of nitrogens with one attached hydrogen (secondary N) is 2. The third kappa shape index (κ3) is 3.10. The summed E-state index contributed by atoms with van der Waals surface area (Å²) in [5.74, 6) is -3.58. The van der Waals surface area contributed by atoms with Crippen LogP contribution in [0.2, 0.25) is 0 Å². The second-order valence-corrected chi connectivity index (χ2v) is 9.04. The number of hydrogen-bond donors (Lipinski definition) is 3. The molecule has 1 heterocycles. The Balaban J connectivity index is 1.89. The maximum Gasteiger partial charge on any atom is 0.240 e. The lowest BCUT2D eigenvalue weighted by Crippen LogP contribution is -2.33. The lowest BCUT2D eigenvalue weighted by Gasteiger charge is -2.19. The maximum atomic E-state index is 14.8. The predicted molar refractivity (Wildman–Crippen MR) is 99.9 cm³/mol. The fourth-order valence-corrected chi connectivity index (χ4v) is 4.47. The Morgan fingerprint density at radius 2 is 1.93 bits per heavy atom. The largest absolute Gasteiger partial charge is 0.441 e. The minimum Gasteiger partial charge on any atom is -0.441 e. The summed E-state index contributed by atoms with van der Waals surface area (Å²) in [5, 5.41) is 11.9. The molecule has 0 amide bonds. The zero-order chi connectivity index (χ0) is 21.0. The smallest absolute Gasteiger partial charge is 0.240 e. The van der Waals surface area contributed by atoms with Crippen molar-refractivity contribution in [3.05, 3.63) is 47.6 Å². The van der Waals surface area contributed by atoms with Crippen molar-refractivity contribution < 1.29 is 31.1 Å². The second-order valence-electron chi connectivity index (χ2n) is 6.96. The summed E-state index contributed by atoms with van der Waals surface area (Å²) in [4.78, 5) is 3.58. The minimum atomic E-state index is -4.19. The molecule has 29 heavy (non-hydrogen) atoms. The number of aliphatic hydroxyl groups is 1. The molecule has 0 atom stereocenters. The van der Waals surface area contributed by atoms with Gasteiger partial charge < -0.3 is 14.8 Å². The van der Waals surface area contributed by atoms with Crippen molar-refractivity contribution in [2.24, 2.45) is 0 Å².